The molecule has 4 N–H and O–H groups in total. The van der Waals surface area contributed by atoms with Gasteiger partial charge in [0, 0.05) is 6.42 Å². The second kappa shape index (κ2) is 5.33. The number of hydrogen-bond donors (Lipinski definition) is 3. The van der Waals surface area contributed by atoms with Crippen LogP contribution in [0, 0.1) is 0 Å². The number of ketones is 1. The van der Waals surface area contributed by atoms with E-state index in [1.54, 1.807) is 0 Å². The number of aliphatic carboxylic acids is 1. The van der Waals surface area contributed by atoms with Gasteiger partial charge in [0.2, 0.25) is 5.91 Å². The van der Waals surface area contributed by atoms with Gasteiger partial charge in [-0.15, -0.1) is 0 Å². The molecule has 0 spiro atoms. The molecule has 1 amide bonds. The van der Waals surface area contributed by atoms with Gasteiger partial charge in [0.25, 0.3) is 0 Å². The van der Waals surface area contributed by atoms with Gasteiger partial charge >= 0.3 is 5.97 Å². The number of hydrogen-bond acceptors (Lipinski definition) is 4. The van der Waals surface area contributed by atoms with Gasteiger partial charge in [0.1, 0.15) is 11.8 Å². The Labute approximate surface area is 81.5 Å². The highest BCUT2D eigenvalue weighted by Crippen LogP contribution is 1.91. The maximum atomic E-state index is 11.1. The number of amides is 1. The van der Waals surface area contributed by atoms with Crippen LogP contribution in [0.5, 0.6) is 0 Å². The number of rotatable bonds is 5. The van der Waals surface area contributed by atoms with Crippen LogP contribution in [0.1, 0.15) is 20.3 Å². The first kappa shape index (κ1) is 12.6. The molecule has 0 fully saturated rings. The molecule has 0 rings (SSSR count). The van der Waals surface area contributed by atoms with Gasteiger partial charge in [0.05, 0.1) is 6.04 Å². The van der Waals surface area contributed by atoms with Gasteiger partial charge in [-0.2, -0.15) is 0 Å². The van der Waals surface area contributed by atoms with Crippen molar-refractivity contribution in [2.45, 2.75) is 32.4 Å². The van der Waals surface area contributed by atoms with Crippen LogP contribution < -0.4 is 11.1 Å². The fraction of sp³-hybridized carbons (Fsp3) is 0.625. The maximum Gasteiger partial charge on any atom is 0.325 e. The molecule has 0 aliphatic heterocycles. The second-order valence-corrected chi connectivity index (χ2v) is 3.08. The van der Waals surface area contributed by atoms with Crippen molar-refractivity contribution in [3.8, 4) is 0 Å². The summed E-state index contributed by atoms with van der Waals surface area (Å²) in [5.41, 5.74) is 5.34. The lowest BCUT2D eigenvalue weighted by atomic mass is 10.1. The standard InChI is InChI=1S/C8H14N2O4/c1-4(11)3-6(9)7(12)10-5(2)8(13)14/h5-6H,3,9H2,1-2H3,(H,10,12)(H,13,14)/t5-,6-/m0/s1. The Morgan fingerprint density at radius 1 is 1.43 bits per heavy atom. The van der Waals surface area contributed by atoms with Crippen molar-refractivity contribution in [2.75, 3.05) is 0 Å². The molecule has 0 aromatic carbocycles. The van der Waals surface area contributed by atoms with E-state index in [9.17, 15) is 14.4 Å². The number of carboxylic acid groups (broad SMARTS) is 1. The largest absolute Gasteiger partial charge is 0.480 e. The van der Waals surface area contributed by atoms with Gasteiger partial charge in [0.15, 0.2) is 0 Å². The van der Waals surface area contributed by atoms with E-state index in [0.717, 1.165) is 0 Å². The number of nitrogens with one attached hydrogen (secondary N) is 1. The Morgan fingerprint density at radius 3 is 2.29 bits per heavy atom. The molecule has 0 aromatic heterocycles. The van der Waals surface area contributed by atoms with Crippen molar-refractivity contribution in [3.05, 3.63) is 0 Å². The number of Topliss-reactive ketones (excluding diaryl/α,β-unsaturated/α-hetero) is 1. The average molecular weight is 202 g/mol. The Balaban J connectivity index is 4.07. The first-order valence-corrected chi connectivity index (χ1v) is 4.12. The summed E-state index contributed by atoms with van der Waals surface area (Å²) in [7, 11) is 0. The van der Waals surface area contributed by atoms with Gasteiger partial charge < -0.3 is 16.2 Å². The zero-order valence-electron chi connectivity index (χ0n) is 8.11. The first-order valence-electron chi connectivity index (χ1n) is 4.12. The Hall–Kier alpha value is -1.43. The highest BCUT2D eigenvalue weighted by atomic mass is 16.4. The van der Waals surface area contributed by atoms with Gasteiger partial charge in [-0.05, 0) is 13.8 Å². The summed E-state index contributed by atoms with van der Waals surface area (Å²) in [4.78, 5) is 32.1. The summed E-state index contributed by atoms with van der Waals surface area (Å²) in [6.45, 7) is 2.63. The molecule has 2 atom stereocenters. The molecule has 80 valence electrons. The highest BCUT2D eigenvalue weighted by Gasteiger charge is 2.20. The molecule has 0 aliphatic rings. The topological polar surface area (TPSA) is 109 Å². The summed E-state index contributed by atoms with van der Waals surface area (Å²) in [5.74, 6) is -1.99. The van der Waals surface area contributed by atoms with Crippen molar-refractivity contribution in [3.63, 3.8) is 0 Å². The lowest BCUT2D eigenvalue weighted by Gasteiger charge is -2.13. The summed E-state index contributed by atoms with van der Waals surface area (Å²) in [6, 6.07) is -1.98. The summed E-state index contributed by atoms with van der Waals surface area (Å²) >= 11 is 0. The minimum Gasteiger partial charge on any atom is -0.480 e. The predicted octanol–water partition coefficient (Wildman–Crippen LogP) is -1.12. The van der Waals surface area contributed by atoms with Crippen molar-refractivity contribution in [1.29, 1.82) is 0 Å². The fourth-order valence-electron chi connectivity index (χ4n) is 0.785. The van der Waals surface area contributed by atoms with E-state index in [-0.39, 0.29) is 12.2 Å². The molecule has 0 radical (unpaired) electrons. The smallest absolute Gasteiger partial charge is 0.325 e. The van der Waals surface area contributed by atoms with E-state index < -0.39 is 24.0 Å². The molecular formula is C8H14N2O4. The molecule has 0 bridgehead atoms. The van der Waals surface area contributed by atoms with E-state index in [0.29, 0.717) is 0 Å². The quantitative estimate of drug-likeness (QED) is 0.523. The van der Waals surface area contributed by atoms with Crippen molar-refractivity contribution in [2.24, 2.45) is 5.73 Å². The molecule has 0 aromatic rings. The molecular weight excluding hydrogens is 188 g/mol. The zero-order valence-corrected chi connectivity index (χ0v) is 8.11. The highest BCUT2D eigenvalue weighted by molar-refractivity contribution is 5.90. The van der Waals surface area contributed by atoms with Crippen LogP contribution in [-0.2, 0) is 14.4 Å². The fourth-order valence-corrected chi connectivity index (χ4v) is 0.785. The van der Waals surface area contributed by atoms with Gasteiger partial charge in [-0.25, -0.2) is 0 Å². The molecule has 0 heterocycles. The molecule has 6 heteroatoms. The number of carboxylic acids is 1. The van der Waals surface area contributed by atoms with Crippen molar-refractivity contribution in [1.82, 2.24) is 5.32 Å². The first-order chi connectivity index (χ1) is 6.34. The minimum atomic E-state index is -1.15. The summed E-state index contributed by atoms with van der Waals surface area (Å²) < 4.78 is 0. The van der Waals surface area contributed by atoms with E-state index in [4.69, 9.17) is 10.8 Å². The van der Waals surface area contributed by atoms with E-state index in [2.05, 4.69) is 5.32 Å². The van der Waals surface area contributed by atoms with E-state index in [1.165, 1.54) is 13.8 Å². The normalized spacial score (nSPS) is 14.2. The number of carbonyl (C=O) groups excluding carboxylic acids is 2. The van der Waals surface area contributed by atoms with Crippen LogP contribution in [-0.4, -0.2) is 34.8 Å². The van der Waals surface area contributed by atoms with E-state index in [1.807, 2.05) is 0 Å². The number of nitrogens with two attached hydrogens (primary N) is 1. The Morgan fingerprint density at radius 2 is 1.93 bits per heavy atom. The summed E-state index contributed by atoms with van der Waals surface area (Å²) in [5, 5.41) is 10.6. The summed E-state index contributed by atoms with van der Waals surface area (Å²) in [6.07, 6.45) is -0.0851. The Kier molecular flexibility index (Phi) is 4.79. The van der Waals surface area contributed by atoms with Crippen LogP contribution >= 0.6 is 0 Å². The minimum absolute atomic E-state index is 0.0851. The van der Waals surface area contributed by atoms with Crippen LogP contribution in [0.3, 0.4) is 0 Å². The van der Waals surface area contributed by atoms with Crippen LogP contribution in [0.4, 0.5) is 0 Å². The van der Waals surface area contributed by atoms with Gasteiger partial charge in [-0.3, -0.25) is 14.4 Å². The van der Waals surface area contributed by atoms with Crippen molar-refractivity contribution < 1.29 is 19.5 Å². The van der Waals surface area contributed by atoms with Gasteiger partial charge in [-0.1, -0.05) is 0 Å². The third kappa shape index (κ3) is 4.56. The third-order valence-electron chi connectivity index (χ3n) is 1.57. The predicted molar refractivity (Wildman–Crippen MR) is 48.5 cm³/mol. The SMILES string of the molecule is CC(=O)C[C@H](N)C(=O)N[C@@H](C)C(=O)O. The average Bonchev–Trinajstić information content (AvgIpc) is 2.02. The molecule has 0 saturated heterocycles. The monoisotopic (exact) mass is 202 g/mol. The molecule has 0 unspecified atom stereocenters. The zero-order chi connectivity index (χ0) is 11.3. The van der Waals surface area contributed by atoms with Crippen molar-refractivity contribution >= 4 is 17.7 Å². The number of carbonyl (C=O) groups is 3. The third-order valence-corrected chi connectivity index (χ3v) is 1.57. The van der Waals surface area contributed by atoms with Crippen LogP contribution in [0.15, 0.2) is 0 Å². The van der Waals surface area contributed by atoms with E-state index >= 15 is 0 Å². The molecule has 14 heavy (non-hydrogen) atoms. The second-order valence-electron chi connectivity index (χ2n) is 3.08. The lowest BCUT2D eigenvalue weighted by molar-refractivity contribution is -0.141. The molecule has 0 aliphatic carbocycles. The lowest BCUT2D eigenvalue weighted by Crippen LogP contribution is -2.47. The molecule has 0 saturated carbocycles. The Bertz CT molecular complexity index is 252. The maximum absolute atomic E-state index is 11.1. The molecule has 6 nitrogen and oxygen atoms in total. The van der Waals surface area contributed by atoms with Crippen LogP contribution in [0.2, 0.25) is 0 Å². The van der Waals surface area contributed by atoms with Crippen LogP contribution in [0.25, 0.3) is 0 Å².